The van der Waals surface area contributed by atoms with Crippen molar-refractivity contribution in [1.82, 2.24) is 9.88 Å². The van der Waals surface area contributed by atoms with E-state index >= 15 is 0 Å². The van der Waals surface area contributed by atoms with Gasteiger partial charge in [0.2, 0.25) is 0 Å². The van der Waals surface area contributed by atoms with Crippen LogP contribution in [0.4, 0.5) is 0 Å². The Balaban J connectivity index is 1.82. The quantitative estimate of drug-likeness (QED) is 0.242. The summed E-state index contributed by atoms with van der Waals surface area (Å²) in [5.41, 5.74) is 2.34. The first kappa shape index (κ1) is 26.2. The number of benzene rings is 1. The van der Waals surface area contributed by atoms with E-state index in [2.05, 4.69) is 4.98 Å². The van der Waals surface area contributed by atoms with E-state index in [9.17, 15) is 9.59 Å². The van der Waals surface area contributed by atoms with Crippen molar-refractivity contribution in [3.05, 3.63) is 52.0 Å². The third-order valence-electron chi connectivity index (χ3n) is 5.40. The summed E-state index contributed by atoms with van der Waals surface area (Å²) in [4.78, 5) is 31.9. The Bertz CT molecular complexity index is 1120. The van der Waals surface area contributed by atoms with Crippen LogP contribution in [0.25, 0.3) is 17.3 Å². The first-order valence-corrected chi connectivity index (χ1v) is 12.5. The monoisotopic (exact) mass is 518 g/mol. The molecule has 1 aliphatic rings. The van der Waals surface area contributed by atoms with Crippen molar-refractivity contribution in [2.75, 3.05) is 7.11 Å². The number of thioether (sulfide) groups is 1. The Morgan fingerprint density at radius 3 is 2.56 bits per heavy atom. The first-order chi connectivity index (χ1) is 16.2. The largest absolute Gasteiger partial charge is 0.489 e. The van der Waals surface area contributed by atoms with Gasteiger partial charge in [-0.25, -0.2) is 4.79 Å². The zero-order valence-corrected chi connectivity index (χ0v) is 22.1. The van der Waals surface area contributed by atoms with Gasteiger partial charge in [-0.05, 0) is 55.7 Å². The van der Waals surface area contributed by atoms with E-state index in [4.69, 9.17) is 33.3 Å². The maximum atomic E-state index is 13.1. The topological polar surface area (TPSA) is 68.7 Å². The van der Waals surface area contributed by atoms with E-state index < -0.39 is 12.0 Å². The standard InChI is InChI=1S/C25H27ClN2O4S2/c1-6-15(4)22(24(30)31-5)28-23(29)21(34-25(28)33)11-16-7-9-19(27-13-16)17-8-10-20(18(26)12-17)32-14(2)3/h7-15,22H,6H2,1-5H3/b21-11-/t15?,22-/m0/s1. The molecule has 1 aromatic heterocycles. The Hall–Kier alpha value is -2.42. The molecule has 2 heterocycles. The number of hydrogen-bond acceptors (Lipinski definition) is 7. The van der Waals surface area contributed by atoms with Crippen LogP contribution < -0.4 is 4.74 Å². The zero-order valence-electron chi connectivity index (χ0n) is 19.7. The molecule has 1 saturated heterocycles. The van der Waals surface area contributed by atoms with Gasteiger partial charge in [0.05, 0.1) is 28.8 Å². The van der Waals surface area contributed by atoms with Crippen LogP contribution in [-0.2, 0) is 14.3 Å². The first-order valence-electron chi connectivity index (χ1n) is 10.9. The number of carbonyl (C=O) groups excluding carboxylic acids is 2. The highest BCUT2D eigenvalue weighted by atomic mass is 35.5. The number of methoxy groups -OCH3 is 1. The van der Waals surface area contributed by atoms with E-state index in [1.54, 1.807) is 12.3 Å². The summed E-state index contributed by atoms with van der Waals surface area (Å²) in [6.07, 6.45) is 4.14. The molecule has 0 aliphatic carbocycles. The molecule has 0 bridgehead atoms. The van der Waals surface area contributed by atoms with Crippen LogP contribution >= 0.6 is 35.6 Å². The number of nitrogens with zero attached hydrogens (tertiary/aromatic N) is 2. The van der Waals surface area contributed by atoms with Gasteiger partial charge in [-0.1, -0.05) is 61.9 Å². The number of rotatable bonds is 8. The Kier molecular flexibility index (Phi) is 8.73. The third kappa shape index (κ3) is 5.79. The number of esters is 1. The van der Waals surface area contributed by atoms with Crippen LogP contribution in [-0.4, -0.2) is 45.3 Å². The molecule has 9 heteroatoms. The van der Waals surface area contributed by atoms with Crippen LogP contribution in [0.3, 0.4) is 0 Å². The van der Waals surface area contributed by atoms with Gasteiger partial charge in [0.25, 0.3) is 5.91 Å². The predicted octanol–water partition coefficient (Wildman–Crippen LogP) is 5.98. The number of pyridine rings is 1. The van der Waals surface area contributed by atoms with Crippen molar-refractivity contribution >= 4 is 57.9 Å². The van der Waals surface area contributed by atoms with Crippen molar-refractivity contribution < 1.29 is 19.1 Å². The van der Waals surface area contributed by atoms with Crippen molar-refractivity contribution in [1.29, 1.82) is 0 Å². The van der Waals surface area contributed by atoms with E-state index in [0.717, 1.165) is 16.8 Å². The Morgan fingerprint density at radius 2 is 2.00 bits per heavy atom. The number of ether oxygens (including phenoxy) is 2. The minimum atomic E-state index is -0.749. The van der Waals surface area contributed by atoms with E-state index in [0.29, 0.717) is 26.4 Å². The van der Waals surface area contributed by atoms with E-state index in [-0.39, 0.29) is 17.9 Å². The Labute approximate surface area is 214 Å². The van der Waals surface area contributed by atoms with E-state index in [1.165, 1.54) is 23.8 Å². The second kappa shape index (κ2) is 11.3. The van der Waals surface area contributed by atoms with Crippen LogP contribution in [0.2, 0.25) is 5.02 Å². The van der Waals surface area contributed by atoms with Gasteiger partial charge in [-0.15, -0.1) is 0 Å². The molecule has 3 rings (SSSR count). The van der Waals surface area contributed by atoms with Crippen molar-refractivity contribution in [2.24, 2.45) is 5.92 Å². The minimum Gasteiger partial charge on any atom is -0.489 e. The average Bonchev–Trinajstić information content (AvgIpc) is 3.08. The normalized spacial score (nSPS) is 16.8. The zero-order chi connectivity index (χ0) is 25.0. The van der Waals surface area contributed by atoms with Crippen LogP contribution in [0.1, 0.15) is 39.7 Å². The summed E-state index contributed by atoms with van der Waals surface area (Å²) < 4.78 is 11.0. The Morgan fingerprint density at radius 1 is 1.26 bits per heavy atom. The van der Waals surface area contributed by atoms with Crippen molar-refractivity contribution in [3.8, 4) is 17.0 Å². The lowest BCUT2D eigenvalue weighted by Gasteiger charge is -2.28. The molecule has 0 saturated carbocycles. The number of carbonyl (C=O) groups is 2. The smallest absolute Gasteiger partial charge is 0.329 e. The van der Waals surface area contributed by atoms with Gasteiger partial charge in [0.1, 0.15) is 16.1 Å². The number of aromatic nitrogens is 1. The molecule has 0 spiro atoms. The second-order valence-corrected chi connectivity index (χ2v) is 10.3. The number of halogens is 1. The molecule has 0 N–H and O–H groups in total. The fourth-order valence-corrected chi connectivity index (χ4v) is 5.03. The summed E-state index contributed by atoms with van der Waals surface area (Å²) in [5, 5.41) is 0.516. The highest BCUT2D eigenvalue weighted by Crippen LogP contribution is 2.36. The maximum absolute atomic E-state index is 13.1. The molecule has 1 fully saturated rings. The van der Waals surface area contributed by atoms with Crippen LogP contribution in [0, 0.1) is 5.92 Å². The van der Waals surface area contributed by atoms with Gasteiger partial charge < -0.3 is 9.47 Å². The van der Waals surface area contributed by atoms with Gasteiger partial charge in [0, 0.05) is 11.8 Å². The van der Waals surface area contributed by atoms with E-state index in [1.807, 2.05) is 58.0 Å². The third-order valence-corrected chi connectivity index (χ3v) is 7.03. The number of thiocarbonyl (C=S) groups is 1. The average molecular weight is 519 g/mol. The molecule has 1 aliphatic heterocycles. The van der Waals surface area contributed by atoms with Crippen LogP contribution in [0.15, 0.2) is 41.4 Å². The lowest BCUT2D eigenvalue weighted by Crippen LogP contribution is -2.48. The number of amides is 1. The molecule has 1 aromatic carbocycles. The summed E-state index contributed by atoms with van der Waals surface area (Å²) in [6, 6.07) is 8.52. The van der Waals surface area contributed by atoms with Gasteiger partial charge in [-0.3, -0.25) is 14.7 Å². The predicted molar refractivity (Wildman–Crippen MR) is 141 cm³/mol. The molecule has 180 valence electrons. The van der Waals surface area contributed by atoms with Gasteiger partial charge >= 0.3 is 5.97 Å². The molecule has 1 unspecified atom stereocenters. The van der Waals surface area contributed by atoms with Crippen molar-refractivity contribution in [2.45, 2.75) is 46.3 Å². The van der Waals surface area contributed by atoms with Gasteiger partial charge in [0.15, 0.2) is 0 Å². The lowest BCUT2D eigenvalue weighted by atomic mass is 9.98. The molecule has 34 heavy (non-hydrogen) atoms. The molecular formula is C25H27ClN2O4S2. The molecule has 1 amide bonds. The molecular weight excluding hydrogens is 492 g/mol. The number of hydrogen-bond donors (Lipinski definition) is 0. The summed E-state index contributed by atoms with van der Waals surface area (Å²) in [5.74, 6) is -0.246. The van der Waals surface area contributed by atoms with Crippen LogP contribution in [0.5, 0.6) is 5.75 Å². The molecule has 2 aromatic rings. The fraction of sp³-hybridized carbons (Fsp3) is 0.360. The molecule has 0 radical (unpaired) electrons. The summed E-state index contributed by atoms with van der Waals surface area (Å²) >= 11 is 13.0. The maximum Gasteiger partial charge on any atom is 0.329 e. The highest BCUT2D eigenvalue weighted by Gasteiger charge is 2.43. The fourth-order valence-electron chi connectivity index (χ4n) is 3.48. The van der Waals surface area contributed by atoms with Crippen molar-refractivity contribution in [3.63, 3.8) is 0 Å². The summed E-state index contributed by atoms with van der Waals surface area (Å²) in [6.45, 7) is 7.75. The summed E-state index contributed by atoms with van der Waals surface area (Å²) in [7, 11) is 1.32. The van der Waals surface area contributed by atoms with Gasteiger partial charge in [-0.2, -0.15) is 0 Å². The highest BCUT2D eigenvalue weighted by molar-refractivity contribution is 8.26. The SMILES string of the molecule is CCC(C)[C@@H](C(=O)OC)N1C(=O)/C(=C/c2ccc(-c3ccc(OC(C)C)c(Cl)c3)nc2)SC1=S. The second-order valence-electron chi connectivity index (χ2n) is 8.19. The molecule has 2 atom stereocenters. The molecule has 6 nitrogen and oxygen atoms in total. The minimum absolute atomic E-state index is 0.0295. The lowest BCUT2D eigenvalue weighted by molar-refractivity contribution is -0.150.